The van der Waals surface area contributed by atoms with E-state index in [4.69, 9.17) is 28.9 Å². The van der Waals surface area contributed by atoms with Gasteiger partial charge in [-0.15, -0.1) is 5.11 Å². The molecule has 0 aliphatic carbocycles. The van der Waals surface area contributed by atoms with Crippen molar-refractivity contribution in [3.05, 3.63) is 52.5 Å². The van der Waals surface area contributed by atoms with E-state index in [0.717, 1.165) is 0 Å². The summed E-state index contributed by atoms with van der Waals surface area (Å²) in [7, 11) is 0. The van der Waals surface area contributed by atoms with Gasteiger partial charge in [-0.2, -0.15) is 5.11 Å². The zero-order valence-electron chi connectivity index (χ0n) is 8.77. The molecule has 0 aliphatic heterocycles. The van der Waals surface area contributed by atoms with E-state index in [0.29, 0.717) is 27.1 Å². The highest BCUT2D eigenvalue weighted by Gasteiger charge is 1.98. The first-order valence-corrected chi connectivity index (χ1v) is 5.64. The van der Waals surface area contributed by atoms with Crippen LogP contribution in [-0.4, -0.2) is 0 Å². The fourth-order valence-electron chi connectivity index (χ4n) is 1.22. The van der Waals surface area contributed by atoms with Gasteiger partial charge in [0.15, 0.2) is 0 Å². The number of nitrogen functional groups attached to an aromatic ring is 1. The summed E-state index contributed by atoms with van der Waals surface area (Å²) in [5, 5.41) is 9.09. The van der Waals surface area contributed by atoms with Gasteiger partial charge in [-0.1, -0.05) is 35.3 Å². The number of azo groups is 1. The van der Waals surface area contributed by atoms with Gasteiger partial charge in [0.1, 0.15) is 5.69 Å². The fourth-order valence-corrected chi connectivity index (χ4v) is 1.57. The molecule has 17 heavy (non-hydrogen) atoms. The van der Waals surface area contributed by atoms with E-state index in [2.05, 4.69) is 10.2 Å². The van der Waals surface area contributed by atoms with Gasteiger partial charge in [0.2, 0.25) is 0 Å². The molecular formula is C12H9Cl2N3. The molecule has 2 aromatic carbocycles. The molecule has 0 radical (unpaired) electrons. The van der Waals surface area contributed by atoms with Crippen LogP contribution >= 0.6 is 23.2 Å². The average Bonchev–Trinajstić information content (AvgIpc) is 2.32. The van der Waals surface area contributed by atoms with Crippen molar-refractivity contribution in [1.29, 1.82) is 0 Å². The van der Waals surface area contributed by atoms with E-state index in [9.17, 15) is 0 Å². The molecule has 0 unspecified atom stereocenters. The Morgan fingerprint density at radius 2 is 1.65 bits per heavy atom. The smallest absolute Gasteiger partial charge is 0.104 e. The molecular weight excluding hydrogens is 257 g/mol. The molecule has 0 saturated heterocycles. The van der Waals surface area contributed by atoms with Gasteiger partial charge < -0.3 is 5.73 Å². The minimum Gasteiger partial charge on any atom is -0.398 e. The molecule has 3 nitrogen and oxygen atoms in total. The Morgan fingerprint density at radius 1 is 0.882 bits per heavy atom. The molecule has 0 bridgehead atoms. The van der Waals surface area contributed by atoms with E-state index in [1.54, 1.807) is 30.3 Å². The zero-order chi connectivity index (χ0) is 12.3. The lowest BCUT2D eigenvalue weighted by Gasteiger charge is -1.98. The summed E-state index contributed by atoms with van der Waals surface area (Å²) in [6, 6.07) is 12.3. The highest BCUT2D eigenvalue weighted by atomic mass is 35.5. The topological polar surface area (TPSA) is 50.7 Å². The summed E-state index contributed by atoms with van der Waals surface area (Å²) in [5.41, 5.74) is 7.35. The van der Waals surface area contributed by atoms with E-state index in [1.165, 1.54) is 0 Å². The number of rotatable bonds is 2. The lowest BCUT2D eigenvalue weighted by Crippen LogP contribution is -1.83. The Kier molecular flexibility index (Phi) is 3.61. The van der Waals surface area contributed by atoms with Gasteiger partial charge in [-0.05, 0) is 30.3 Å². The number of nitrogens with zero attached hydrogens (tertiary/aromatic N) is 2. The number of hydrogen-bond donors (Lipinski definition) is 1. The number of benzene rings is 2. The second-order valence-electron chi connectivity index (χ2n) is 3.36. The van der Waals surface area contributed by atoms with Gasteiger partial charge >= 0.3 is 0 Å². The Morgan fingerprint density at radius 3 is 2.35 bits per heavy atom. The van der Waals surface area contributed by atoms with Crippen molar-refractivity contribution in [2.24, 2.45) is 10.2 Å². The third kappa shape index (κ3) is 2.96. The van der Waals surface area contributed by atoms with E-state index in [-0.39, 0.29) is 0 Å². The second-order valence-corrected chi connectivity index (χ2v) is 4.17. The van der Waals surface area contributed by atoms with Crippen LogP contribution in [0.4, 0.5) is 17.1 Å². The van der Waals surface area contributed by atoms with Crippen LogP contribution in [0.3, 0.4) is 0 Å². The summed E-state index contributed by atoms with van der Waals surface area (Å²) in [6.07, 6.45) is 0. The molecule has 0 aromatic heterocycles. The van der Waals surface area contributed by atoms with Gasteiger partial charge in [0, 0.05) is 0 Å². The quantitative estimate of drug-likeness (QED) is 0.604. The monoisotopic (exact) mass is 265 g/mol. The summed E-state index contributed by atoms with van der Waals surface area (Å²) in [5.74, 6) is 0. The molecule has 2 rings (SSSR count). The number of halogens is 2. The van der Waals surface area contributed by atoms with Crippen molar-refractivity contribution < 1.29 is 0 Å². The summed E-state index contributed by atoms with van der Waals surface area (Å²) >= 11 is 11.8. The maximum absolute atomic E-state index is 5.95. The minimum atomic E-state index is 0.459. The van der Waals surface area contributed by atoms with Crippen LogP contribution < -0.4 is 5.73 Å². The van der Waals surface area contributed by atoms with Crippen molar-refractivity contribution in [2.45, 2.75) is 0 Å². The highest BCUT2D eigenvalue weighted by Crippen LogP contribution is 2.28. The van der Waals surface area contributed by atoms with Gasteiger partial charge in [0.25, 0.3) is 0 Å². The Labute approximate surface area is 109 Å². The van der Waals surface area contributed by atoms with Crippen LogP contribution in [0.2, 0.25) is 10.0 Å². The molecule has 0 aliphatic rings. The van der Waals surface area contributed by atoms with E-state index in [1.807, 2.05) is 12.1 Å². The first-order chi connectivity index (χ1) is 8.16. The average molecular weight is 266 g/mol. The standard InChI is InChI=1S/C12H9Cl2N3/c13-9-3-1-2-4-12(9)17-16-8-5-6-11(15)10(14)7-8/h1-7H,15H2/b17-16+. The number of anilines is 1. The fraction of sp³-hybridized carbons (Fsp3) is 0. The largest absolute Gasteiger partial charge is 0.398 e. The second kappa shape index (κ2) is 5.17. The molecule has 2 N–H and O–H groups in total. The van der Waals surface area contributed by atoms with Crippen LogP contribution in [0.25, 0.3) is 0 Å². The van der Waals surface area contributed by atoms with Crippen LogP contribution in [-0.2, 0) is 0 Å². The lowest BCUT2D eigenvalue weighted by molar-refractivity contribution is 1.23. The first-order valence-electron chi connectivity index (χ1n) is 4.88. The Bertz CT molecular complexity index is 567. The first kappa shape index (κ1) is 11.9. The third-order valence-electron chi connectivity index (χ3n) is 2.11. The third-order valence-corrected chi connectivity index (χ3v) is 2.76. The molecule has 5 heteroatoms. The van der Waals surface area contributed by atoms with Crippen LogP contribution in [0.15, 0.2) is 52.7 Å². The zero-order valence-corrected chi connectivity index (χ0v) is 10.3. The number of nitrogens with two attached hydrogens (primary N) is 1. The van der Waals surface area contributed by atoms with Crippen molar-refractivity contribution in [3.8, 4) is 0 Å². The summed E-state index contributed by atoms with van der Waals surface area (Å²) < 4.78 is 0. The molecule has 0 saturated carbocycles. The molecule has 0 atom stereocenters. The maximum Gasteiger partial charge on any atom is 0.104 e. The Balaban J connectivity index is 2.26. The predicted molar refractivity (Wildman–Crippen MR) is 71.5 cm³/mol. The van der Waals surface area contributed by atoms with Crippen LogP contribution in [0, 0.1) is 0 Å². The number of hydrogen-bond acceptors (Lipinski definition) is 3. The molecule has 0 amide bonds. The van der Waals surface area contributed by atoms with Crippen LogP contribution in [0.5, 0.6) is 0 Å². The van der Waals surface area contributed by atoms with Crippen LogP contribution in [0.1, 0.15) is 0 Å². The van der Waals surface area contributed by atoms with Crippen molar-refractivity contribution in [1.82, 2.24) is 0 Å². The summed E-state index contributed by atoms with van der Waals surface area (Å²) in [6.45, 7) is 0. The highest BCUT2D eigenvalue weighted by molar-refractivity contribution is 6.33. The van der Waals surface area contributed by atoms with Crippen molar-refractivity contribution >= 4 is 40.3 Å². The lowest BCUT2D eigenvalue weighted by atomic mass is 10.3. The van der Waals surface area contributed by atoms with Gasteiger partial charge in [-0.25, -0.2) is 0 Å². The molecule has 86 valence electrons. The molecule has 0 heterocycles. The van der Waals surface area contributed by atoms with E-state index < -0.39 is 0 Å². The minimum absolute atomic E-state index is 0.459. The molecule has 0 fully saturated rings. The van der Waals surface area contributed by atoms with Gasteiger partial charge in [-0.3, -0.25) is 0 Å². The predicted octanol–water partition coefficient (Wildman–Crippen LogP) is 4.99. The van der Waals surface area contributed by atoms with Gasteiger partial charge in [0.05, 0.1) is 21.4 Å². The molecule has 2 aromatic rings. The summed E-state index contributed by atoms with van der Waals surface area (Å²) in [4.78, 5) is 0. The van der Waals surface area contributed by atoms with Crippen molar-refractivity contribution in [2.75, 3.05) is 5.73 Å². The Hall–Kier alpha value is -1.58. The normalized spacial score (nSPS) is 10.9. The maximum atomic E-state index is 5.95. The van der Waals surface area contributed by atoms with E-state index >= 15 is 0 Å². The SMILES string of the molecule is Nc1ccc(/N=N/c2ccccc2Cl)cc1Cl. The van der Waals surface area contributed by atoms with Crippen molar-refractivity contribution in [3.63, 3.8) is 0 Å². The molecule has 0 spiro atoms.